The molecular weight excluding hydrogens is 237 g/mol. The predicted molar refractivity (Wildman–Crippen MR) is 68.3 cm³/mol. The summed E-state index contributed by atoms with van der Waals surface area (Å²) in [5.74, 6) is 1.94. The van der Waals surface area contributed by atoms with E-state index >= 15 is 0 Å². The van der Waals surface area contributed by atoms with Crippen molar-refractivity contribution in [3.8, 4) is 0 Å². The van der Waals surface area contributed by atoms with Crippen LogP contribution in [0.25, 0.3) is 0 Å². The minimum absolute atomic E-state index is 0.0560. The zero-order valence-electron chi connectivity index (χ0n) is 9.62. The summed E-state index contributed by atoms with van der Waals surface area (Å²) in [5.41, 5.74) is 0.546. The number of halogens is 1. The summed E-state index contributed by atoms with van der Waals surface area (Å²) in [6.07, 6.45) is 2.05. The van der Waals surface area contributed by atoms with Crippen LogP contribution in [0.1, 0.15) is 18.4 Å². The van der Waals surface area contributed by atoms with Crippen LogP contribution in [0.2, 0.25) is 0 Å². The first-order chi connectivity index (χ1) is 8.27. The quantitative estimate of drug-likeness (QED) is 0.897. The van der Waals surface area contributed by atoms with Gasteiger partial charge in [-0.3, -0.25) is 4.79 Å². The third-order valence-electron chi connectivity index (χ3n) is 2.94. The van der Waals surface area contributed by atoms with Crippen molar-refractivity contribution in [2.75, 3.05) is 11.5 Å². The smallest absolute Gasteiger partial charge is 0.224 e. The number of thioether (sulfide) groups is 1. The third-order valence-corrected chi connectivity index (χ3v) is 4.16. The zero-order chi connectivity index (χ0) is 12.1. The van der Waals surface area contributed by atoms with E-state index in [0.717, 1.165) is 24.3 Å². The number of carbonyl (C=O) groups excluding carboxylic acids is 1. The van der Waals surface area contributed by atoms with Crippen molar-refractivity contribution in [1.29, 1.82) is 0 Å². The van der Waals surface area contributed by atoms with Crippen molar-refractivity contribution in [3.05, 3.63) is 35.6 Å². The summed E-state index contributed by atoms with van der Waals surface area (Å²) < 4.78 is 13.3. The Labute approximate surface area is 105 Å². The number of rotatable bonds is 3. The van der Waals surface area contributed by atoms with Gasteiger partial charge in [0.1, 0.15) is 5.82 Å². The molecule has 2 rings (SSSR count). The molecule has 0 spiro atoms. The van der Waals surface area contributed by atoms with Crippen molar-refractivity contribution in [3.63, 3.8) is 0 Å². The Morgan fingerprint density at radius 2 is 2.29 bits per heavy atom. The van der Waals surface area contributed by atoms with Gasteiger partial charge in [-0.1, -0.05) is 18.2 Å². The lowest BCUT2D eigenvalue weighted by Gasteiger charge is -2.20. The maximum absolute atomic E-state index is 13.3. The first-order valence-corrected chi connectivity index (χ1v) is 7.01. The number of nitrogens with one attached hydrogen (secondary N) is 1. The molecule has 2 nitrogen and oxygen atoms in total. The van der Waals surface area contributed by atoms with Gasteiger partial charge in [-0.25, -0.2) is 4.39 Å². The molecule has 1 unspecified atom stereocenters. The van der Waals surface area contributed by atoms with Gasteiger partial charge in [0.2, 0.25) is 5.91 Å². The van der Waals surface area contributed by atoms with Gasteiger partial charge < -0.3 is 5.32 Å². The van der Waals surface area contributed by atoms with Gasteiger partial charge in [0, 0.05) is 23.8 Å². The molecule has 0 saturated carbocycles. The molecular formula is C13H16FNOS. The molecule has 1 aromatic carbocycles. The number of amides is 1. The molecule has 0 aromatic heterocycles. The molecule has 17 heavy (non-hydrogen) atoms. The Hall–Kier alpha value is -1.03. The Morgan fingerprint density at radius 1 is 1.47 bits per heavy atom. The lowest BCUT2D eigenvalue weighted by molar-refractivity contribution is -0.124. The minimum atomic E-state index is -0.259. The summed E-state index contributed by atoms with van der Waals surface area (Å²) >= 11 is 1.82. The molecule has 0 bridgehead atoms. The Morgan fingerprint density at radius 3 is 3.00 bits per heavy atom. The van der Waals surface area contributed by atoms with Gasteiger partial charge >= 0.3 is 0 Å². The largest absolute Gasteiger partial charge is 0.352 e. The minimum Gasteiger partial charge on any atom is -0.352 e. The van der Waals surface area contributed by atoms with E-state index in [2.05, 4.69) is 5.32 Å². The molecule has 1 aliphatic rings. The Bertz CT molecular complexity index is 391. The summed E-state index contributed by atoms with van der Waals surface area (Å²) in [4.78, 5) is 11.8. The molecule has 92 valence electrons. The highest BCUT2D eigenvalue weighted by Gasteiger charge is 2.21. The molecule has 1 aliphatic heterocycles. The fourth-order valence-electron chi connectivity index (χ4n) is 1.92. The lowest BCUT2D eigenvalue weighted by atomic mass is 10.0. The summed E-state index contributed by atoms with van der Waals surface area (Å²) in [6.45, 7) is 0.284. The summed E-state index contributed by atoms with van der Waals surface area (Å²) in [5, 5.41) is 2.82. The van der Waals surface area contributed by atoms with Crippen LogP contribution in [0.5, 0.6) is 0 Å². The third kappa shape index (κ3) is 3.46. The van der Waals surface area contributed by atoms with E-state index < -0.39 is 0 Å². The van der Waals surface area contributed by atoms with Crippen molar-refractivity contribution in [1.82, 2.24) is 5.32 Å². The van der Waals surface area contributed by atoms with Crippen LogP contribution in [0.4, 0.5) is 4.39 Å². The topological polar surface area (TPSA) is 29.1 Å². The number of carbonyl (C=O) groups is 1. The highest BCUT2D eigenvalue weighted by molar-refractivity contribution is 7.99. The van der Waals surface area contributed by atoms with E-state index in [1.165, 1.54) is 6.07 Å². The zero-order valence-corrected chi connectivity index (χ0v) is 10.4. The van der Waals surface area contributed by atoms with Crippen LogP contribution in [0.3, 0.4) is 0 Å². The van der Waals surface area contributed by atoms with E-state index in [4.69, 9.17) is 0 Å². The van der Waals surface area contributed by atoms with Crippen molar-refractivity contribution < 1.29 is 9.18 Å². The van der Waals surface area contributed by atoms with Gasteiger partial charge in [-0.2, -0.15) is 11.8 Å². The molecule has 1 aromatic rings. The van der Waals surface area contributed by atoms with Gasteiger partial charge in [0.15, 0.2) is 0 Å². The summed E-state index contributed by atoms with van der Waals surface area (Å²) in [6, 6.07) is 6.54. The first-order valence-electron chi connectivity index (χ1n) is 5.86. The van der Waals surface area contributed by atoms with Crippen LogP contribution in [0, 0.1) is 11.7 Å². The summed E-state index contributed by atoms with van der Waals surface area (Å²) in [7, 11) is 0. The van der Waals surface area contributed by atoms with Gasteiger partial charge in [-0.15, -0.1) is 0 Å². The van der Waals surface area contributed by atoms with Crippen molar-refractivity contribution >= 4 is 17.7 Å². The average Bonchev–Trinajstić information content (AvgIpc) is 2.38. The van der Waals surface area contributed by atoms with Crippen LogP contribution < -0.4 is 5.32 Å². The van der Waals surface area contributed by atoms with E-state index in [0.29, 0.717) is 5.56 Å². The Balaban J connectivity index is 1.85. The molecule has 0 aliphatic carbocycles. The van der Waals surface area contributed by atoms with Crippen LogP contribution in [-0.4, -0.2) is 17.4 Å². The van der Waals surface area contributed by atoms with Crippen LogP contribution in [0.15, 0.2) is 24.3 Å². The highest BCUT2D eigenvalue weighted by atomic mass is 32.2. The maximum atomic E-state index is 13.3. The van der Waals surface area contributed by atoms with Gasteiger partial charge in [-0.05, 0) is 24.7 Å². The van der Waals surface area contributed by atoms with E-state index in [1.54, 1.807) is 18.2 Å². The number of benzene rings is 1. The van der Waals surface area contributed by atoms with E-state index in [1.807, 2.05) is 11.8 Å². The number of hydrogen-bond donors (Lipinski definition) is 1. The molecule has 4 heteroatoms. The molecule has 1 amide bonds. The van der Waals surface area contributed by atoms with Crippen LogP contribution >= 0.6 is 11.8 Å². The molecule has 1 saturated heterocycles. The standard InChI is InChI=1S/C13H16FNOS/c14-12-6-2-1-4-10(12)8-15-13(16)11-5-3-7-17-9-11/h1-2,4,6,11H,3,5,7-9H2,(H,15,16). The maximum Gasteiger partial charge on any atom is 0.224 e. The first kappa shape index (κ1) is 12.4. The SMILES string of the molecule is O=C(NCc1ccccc1F)C1CCCSC1. The second kappa shape index (κ2) is 6.05. The van der Waals surface area contributed by atoms with Gasteiger partial charge in [0.05, 0.1) is 0 Å². The monoisotopic (exact) mass is 253 g/mol. The van der Waals surface area contributed by atoms with E-state index in [9.17, 15) is 9.18 Å². The average molecular weight is 253 g/mol. The van der Waals surface area contributed by atoms with Crippen molar-refractivity contribution in [2.24, 2.45) is 5.92 Å². The second-order valence-corrected chi connectivity index (χ2v) is 5.37. The molecule has 0 radical (unpaired) electrons. The number of hydrogen-bond acceptors (Lipinski definition) is 2. The molecule has 1 fully saturated rings. The van der Waals surface area contributed by atoms with Gasteiger partial charge in [0.25, 0.3) is 0 Å². The fraction of sp³-hybridized carbons (Fsp3) is 0.462. The Kier molecular flexibility index (Phi) is 4.42. The normalized spacial score (nSPS) is 19.9. The highest BCUT2D eigenvalue weighted by Crippen LogP contribution is 2.22. The second-order valence-electron chi connectivity index (χ2n) is 4.22. The molecule has 1 heterocycles. The van der Waals surface area contributed by atoms with Crippen LogP contribution in [-0.2, 0) is 11.3 Å². The molecule has 1 N–H and O–H groups in total. The molecule has 1 atom stereocenters. The van der Waals surface area contributed by atoms with Crippen molar-refractivity contribution in [2.45, 2.75) is 19.4 Å². The van der Waals surface area contributed by atoms with E-state index in [-0.39, 0.29) is 24.2 Å². The lowest BCUT2D eigenvalue weighted by Crippen LogP contribution is -2.33. The predicted octanol–water partition coefficient (Wildman–Crippen LogP) is 2.59. The fourth-order valence-corrected chi connectivity index (χ4v) is 3.06.